The second kappa shape index (κ2) is 5.69. The standard InChI is InChI=1S/C13H9NO2S4/c1-17-13-7(5-10(20-13)12(15)16)11-14-8(6-19-11)9-3-2-4-18-9/h2-6H,1H3,(H,15,16). The van der Waals surface area contributed by atoms with Gasteiger partial charge in [-0.15, -0.1) is 45.8 Å². The molecule has 0 radical (unpaired) electrons. The molecule has 0 aliphatic heterocycles. The summed E-state index contributed by atoms with van der Waals surface area (Å²) in [6.45, 7) is 0. The minimum Gasteiger partial charge on any atom is -0.477 e. The molecule has 3 rings (SSSR count). The van der Waals surface area contributed by atoms with Crippen molar-refractivity contribution in [3.63, 3.8) is 0 Å². The Hall–Kier alpha value is -1.15. The summed E-state index contributed by atoms with van der Waals surface area (Å²) in [6, 6.07) is 5.75. The first kappa shape index (κ1) is 13.8. The van der Waals surface area contributed by atoms with Crippen molar-refractivity contribution in [1.82, 2.24) is 4.98 Å². The van der Waals surface area contributed by atoms with Crippen molar-refractivity contribution >= 4 is 51.7 Å². The molecule has 0 saturated carbocycles. The number of carbonyl (C=O) groups is 1. The lowest BCUT2D eigenvalue weighted by molar-refractivity contribution is 0.0702. The van der Waals surface area contributed by atoms with Crippen LogP contribution in [0.25, 0.3) is 21.1 Å². The Kier molecular flexibility index (Phi) is 3.93. The highest BCUT2D eigenvalue weighted by Gasteiger charge is 2.17. The van der Waals surface area contributed by atoms with E-state index in [4.69, 9.17) is 5.11 Å². The molecule has 0 unspecified atom stereocenters. The summed E-state index contributed by atoms with van der Waals surface area (Å²) in [4.78, 5) is 17.2. The first-order chi connectivity index (χ1) is 9.69. The van der Waals surface area contributed by atoms with E-state index in [1.54, 1.807) is 40.5 Å². The molecule has 0 spiro atoms. The molecule has 20 heavy (non-hydrogen) atoms. The summed E-state index contributed by atoms with van der Waals surface area (Å²) in [5.41, 5.74) is 1.88. The zero-order chi connectivity index (χ0) is 14.1. The van der Waals surface area contributed by atoms with E-state index in [9.17, 15) is 4.79 Å². The van der Waals surface area contributed by atoms with E-state index < -0.39 is 5.97 Å². The number of hydrogen-bond acceptors (Lipinski definition) is 6. The van der Waals surface area contributed by atoms with E-state index in [1.807, 2.05) is 29.1 Å². The quantitative estimate of drug-likeness (QED) is 0.678. The number of aromatic carboxylic acids is 1. The Morgan fingerprint density at radius 2 is 2.25 bits per heavy atom. The fourth-order valence-corrected chi connectivity index (χ4v) is 5.15. The fourth-order valence-electron chi connectivity index (χ4n) is 1.72. The average Bonchev–Trinajstić information content (AvgIpc) is 3.17. The van der Waals surface area contributed by atoms with Gasteiger partial charge in [0.25, 0.3) is 0 Å². The number of thiophene rings is 2. The Bertz CT molecular complexity index is 742. The van der Waals surface area contributed by atoms with Crippen molar-refractivity contribution in [1.29, 1.82) is 0 Å². The highest BCUT2D eigenvalue weighted by molar-refractivity contribution is 8.00. The Morgan fingerprint density at radius 3 is 2.90 bits per heavy atom. The van der Waals surface area contributed by atoms with Gasteiger partial charge in [-0.1, -0.05) is 6.07 Å². The van der Waals surface area contributed by atoms with Crippen molar-refractivity contribution in [2.75, 3.05) is 6.26 Å². The SMILES string of the molecule is CSc1sc(C(=O)O)cc1-c1nc(-c2cccs2)cs1. The maximum Gasteiger partial charge on any atom is 0.345 e. The molecule has 0 saturated heterocycles. The summed E-state index contributed by atoms with van der Waals surface area (Å²) in [5, 5.41) is 14.0. The smallest absolute Gasteiger partial charge is 0.345 e. The molecule has 3 nitrogen and oxygen atoms in total. The van der Waals surface area contributed by atoms with E-state index in [1.165, 1.54) is 11.3 Å². The van der Waals surface area contributed by atoms with Gasteiger partial charge >= 0.3 is 5.97 Å². The van der Waals surface area contributed by atoms with Gasteiger partial charge in [0.15, 0.2) is 0 Å². The third kappa shape index (κ3) is 2.54. The van der Waals surface area contributed by atoms with Crippen molar-refractivity contribution < 1.29 is 9.90 Å². The molecule has 0 aliphatic rings. The molecule has 7 heteroatoms. The lowest BCUT2D eigenvalue weighted by Crippen LogP contribution is -1.89. The molecule has 0 amide bonds. The van der Waals surface area contributed by atoms with E-state index in [0.717, 1.165) is 25.4 Å². The molecule has 1 N–H and O–H groups in total. The van der Waals surface area contributed by atoms with Crippen molar-refractivity contribution in [2.24, 2.45) is 0 Å². The first-order valence-corrected chi connectivity index (χ1v) is 9.40. The van der Waals surface area contributed by atoms with Crippen molar-refractivity contribution in [3.05, 3.63) is 33.8 Å². The van der Waals surface area contributed by atoms with Gasteiger partial charge in [-0.25, -0.2) is 9.78 Å². The van der Waals surface area contributed by atoms with E-state index in [0.29, 0.717) is 4.88 Å². The molecule has 3 heterocycles. The summed E-state index contributed by atoms with van der Waals surface area (Å²) in [5.74, 6) is -0.883. The molecule has 0 bridgehead atoms. The monoisotopic (exact) mass is 339 g/mol. The van der Waals surface area contributed by atoms with Crippen molar-refractivity contribution in [3.8, 4) is 21.1 Å². The van der Waals surface area contributed by atoms with Crippen molar-refractivity contribution in [2.45, 2.75) is 4.21 Å². The van der Waals surface area contributed by atoms with Gasteiger partial charge in [-0.05, 0) is 23.8 Å². The number of thiazole rings is 1. The Morgan fingerprint density at radius 1 is 1.40 bits per heavy atom. The van der Waals surface area contributed by atoms with Gasteiger partial charge in [-0.3, -0.25) is 0 Å². The van der Waals surface area contributed by atoms with E-state index >= 15 is 0 Å². The molecule has 0 atom stereocenters. The third-order valence-corrected chi connectivity index (χ3v) is 6.63. The molecule has 3 aromatic heterocycles. The Labute approximate surface area is 131 Å². The molecule has 0 fully saturated rings. The van der Waals surface area contributed by atoms with Crippen LogP contribution < -0.4 is 0 Å². The predicted octanol–water partition coefficient (Wildman–Crippen LogP) is 5.02. The minimum atomic E-state index is -0.883. The van der Waals surface area contributed by atoms with Crippen LogP contribution in [-0.4, -0.2) is 22.3 Å². The van der Waals surface area contributed by atoms with Crippen LogP contribution in [0.15, 0.2) is 33.2 Å². The van der Waals surface area contributed by atoms with E-state index in [2.05, 4.69) is 4.98 Å². The minimum absolute atomic E-state index is 0.359. The van der Waals surface area contributed by atoms with Gasteiger partial charge in [0.2, 0.25) is 0 Å². The largest absolute Gasteiger partial charge is 0.477 e. The fraction of sp³-hybridized carbons (Fsp3) is 0.0769. The number of aromatic nitrogens is 1. The Balaban J connectivity index is 2.03. The van der Waals surface area contributed by atoms with Crippen LogP contribution in [-0.2, 0) is 0 Å². The summed E-state index contributed by atoms with van der Waals surface area (Å²) in [6.07, 6.45) is 1.95. The normalized spacial score (nSPS) is 10.8. The zero-order valence-corrected chi connectivity index (χ0v) is 13.6. The summed E-state index contributed by atoms with van der Waals surface area (Å²) in [7, 11) is 0. The maximum atomic E-state index is 11.1. The third-order valence-electron chi connectivity index (χ3n) is 2.60. The summed E-state index contributed by atoms with van der Waals surface area (Å²) < 4.78 is 0.995. The molecule has 3 aromatic rings. The average molecular weight is 339 g/mol. The molecular formula is C13H9NO2S4. The van der Waals surface area contributed by atoms with Gasteiger partial charge in [0.05, 0.1) is 14.8 Å². The maximum absolute atomic E-state index is 11.1. The van der Waals surface area contributed by atoms with Gasteiger partial charge in [-0.2, -0.15) is 0 Å². The lowest BCUT2D eigenvalue weighted by atomic mass is 10.3. The number of carboxylic acid groups (broad SMARTS) is 1. The number of thioether (sulfide) groups is 1. The van der Waals surface area contributed by atoms with Crippen LogP contribution in [0.4, 0.5) is 0 Å². The number of hydrogen-bond donors (Lipinski definition) is 1. The summed E-state index contributed by atoms with van der Waals surface area (Å²) >= 11 is 6.07. The highest BCUT2D eigenvalue weighted by atomic mass is 32.2. The van der Waals surface area contributed by atoms with Crippen LogP contribution in [0.5, 0.6) is 0 Å². The van der Waals surface area contributed by atoms with Gasteiger partial charge < -0.3 is 5.11 Å². The van der Waals surface area contributed by atoms with Gasteiger partial charge in [0, 0.05) is 10.9 Å². The number of rotatable bonds is 4. The topological polar surface area (TPSA) is 50.2 Å². The highest BCUT2D eigenvalue weighted by Crippen LogP contribution is 2.40. The molecule has 102 valence electrons. The van der Waals surface area contributed by atoms with Gasteiger partial charge in [0.1, 0.15) is 9.88 Å². The molecular weight excluding hydrogens is 330 g/mol. The second-order valence-corrected chi connectivity index (χ2v) is 7.77. The molecule has 0 aromatic carbocycles. The lowest BCUT2D eigenvalue weighted by Gasteiger charge is -1.95. The predicted molar refractivity (Wildman–Crippen MR) is 87.5 cm³/mol. The van der Waals surface area contributed by atoms with Crippen LogP contribution in [0.1, 0.15) is 9.67 Å². The van der Waals surface area contributed by atoms with Crippen LogP contribution in [0, 0.1) is 0 Å². The number of nitrogens with zero attached hydrogens (tertiary/aromatic N) is 1. The first-order valence-electron chi connectivity index (χ1n) is 5.60. The van der Waals surface area contributed by atoms with Crippen LogP contribution in [0.3, 0.4) is 0 Å². The molecule has 0 aliphatic carbocycles. The van der Waals surface area contributed by atoms with E-state index in [-0.39, 0.29) is 0 Å². The van der Waals surface area contributed by atoms with Crippen LogP contribution >= 0.6 is 45.8 Å². The van der Waals surface area contributed by atoms with Crippen LogP contribution in [0.2, 0.25) is 0 Å². The zero-order valence-electron chi connectivity index (χ0n) is 10.3. The second-order valence-electron chi connectivity index (χ2n) is 3.84. The number of carboxylic acids is 1.